The van der Waals surface area contributed by atoms with E-state index in [4.69, 9.17) is 0 Å². The Bertz CT molecular complexity index is 104. The maximum atomic E-state index is 9.49. The van der Waals surface area contributed by atoms with Crippen molar-refractivity contribution in [2.75, 3.05) is 13.1 Å². The Balaban J connectivity index is 0.000000202. The topological polar surface area (TPSA) is 52.2 Å². The van der Waals surface area contributed by atoms with Gasteiger partial charge in [-0.25, -0.2) is 0 Å². The fourth-order valence-corrected chi connectivity index (χ4v) is 1.33. The normalized spacial score (nSPS) is 16.0. The van der Waals surface area contributed by atoms with Crippen molar-refractivity contribution < 1.29 is 9.90 Å². The van der Waals surface area contributed by atoms with E-state index in [9.17, 15) is 9.90 Å². The van der Waals surface area contributed by atoms with Gasteiger partial charge in [0.1, 0.15) is 0 Å². The summed E-state index contributed by atoms with van der Waals surface area (Å²) in [5.74, 6) is -0.961. The van der Waals surface area contributed by atoms with Crippen LogP contribution in [0.3, 0.4) is 0 Å². The van der Waals surface area contributed by atoms with Crippen molar-refractivity contribution >= 4 is 22.5 Å². The number of carboxylic acid groups (broad SMARTS) is 1. The van der Waals surface area contributed by atoms with Crippen LogP contribution in [0, 0.1) is 0 Å². The molecule has 68 valence electrons. The van der Waals surface area contributed by atoms with Gasteiger partial charge < -0.3 is 5.32 Å². The molecule has 0 aromatic carbocycles. The summed E-state index contributed by atoms with van der Waals surface area (Å²) in [6.45, 7) is 2.50. The zero-order valence-corrected chi connectivity index (χ0v) is 9.36. The van der Waals surface area contributed by atoms with E-state index in [1.54, 1.807) is 16.5 Å². The number of hydrogen-bond donors (Lipinski definition) is 1. The molecule has 1 saturated heterocycles. The van der Waals surface area contributed by atoms with Crippen molar-refractivity contribution in [2.45, 2.75) is 30.9 Å². The molecule has 0 saturated carbocycles. The van der Waals surface area contributed by atoms with E-state index >= 15 is 0 Å². The van der Waals surface area contributed by atoms with Crippen molar-refractivity contribution in [1.29, 1.82) is 0 Å². The van der Waals surface area contributed by atoms with Crippen LogP contribution in [0.25, 0.3) is 0 Å². The van der Waals surface area contributed by atoms with E-state index in [2.05, 4.69) is 5.32 Å². The summed E-state index contributed by atoms with van der Waals surface area (Å²) >= 11 is 1.80. The molecule has 1 rings (SSSR count). The van der Waals surface area contributed by atoms with Gasteiger partial charge in [0.05, 0.1) is 0 Å². The molecule has 1 fully saturated rings. The summed E-state index contributed by atoms with van der Waals surface area (Å²) < 4.78 is 0. The van der Waals surface area contributed by atoms with E-state index in [-0.39, 0.29) is 6.42 Å². The molecule has 0 atom stereocenters. The number of carbonyl (C=O) groups excluding carboxylic acids is 1. The van der Waals surface area contributed by atoms with Crippen molar-refractivity contribution in [2.24, 2.45) is 0 Å². The first-order valence-corrected chi connectivity index (χ1v) is 5.81. The molecule has 0 amide bonds. The zero-order valence-electron chi connectivity index (χ0n) is 7.27. The average Bonchev–Trinajstić information content (AvgIpc) is 2.08. The predicted molar refractivity (Wildman–Crippen MR) is 46.9 cm³/mol. The van der Waals surface area contributed by atoms with Gasteiger partial charge in [0, 0.05) is 0 Å². The predicted octanol–water partition coefficient (Wildman–Crippen LogP) is -0.527. The molecular weight excluding hydrogens is 215 g/mol. The van der Waals surface area contributed by atoms with Crippen LogP contribution in [0.2, 0.25) is 5.25 Å². The Morgan fingerprint density at radius 2 is 1.92 bits per heavy atom. The van der Waals surface area contributed by atoms with Crippen LogP contribution in [0.4, 0.5) is 0 Å². The monoisotopic (exact) mass is 231 g/mol. The number of hydrogen-bond acceptors (Lipinski definition) is 3. The van der Waals surface area contributed by atoms with Gasteiger partial charge in [-0.15, -0.1) is 0 Å². The minimum absolute atomic E-state index is 0.181. The molecule has 0 unspecified atom stereocenters. The molecular formula is C8H15GeNO2. The second-order valence-electron chi connectivity index (χ2n) is 2.68. The molecule has 0 aromatic heterocycles. The third-order valence-electron chi connectivity index (χ3n) is 1.54. The van der Waals surface area contributed by atoms with E-state index in [1.165, 1.54) is 32.4 Å². The SMILES string of the molecule is C1CCNCC1.O=C([O-])C[CH2][Ge+]. The summed E-state index contributed by atoms with van der Waals surface area (Å²) in [5, 5.41) is 13.4. The first kappa shape index (κ1) is 12.0. The Kier molecular flexibility index (Phi) is 9.04. The van der Waals surface area contributed by atoms with Gasteiger partial charge in [-0.1, -0.05) is 6.42 Å². The van der Waals surface area contributed by atoms with Crippen LogP contribution in [0.15, 0.2) is 0 Å². The van der Waals surface area contributed by atoms with Crippen molar-refractivity contribution in [1.82, 2.24) is 5.32 Å². The van der Waals surface area contributed by atoms with E-state index < -0.39 is 5.97 Å². The number of carboxylic acids is 1. The molecule has 2 radical (unpaired) electrons. The van der Waals surface area contributed by atoms with Crippen LogP contribution < -0.4 is 10.4 Å². The molecule has 0 bridgehead atoms. The molecule has 4 heteroatoms. The van der Waals surface area contributed by atoms with Crippen molar-refractivity contribution in [3.8, 4) is 0 Å². The molecule has 1 N–H and O–H groups in total. The van der Waals surface area contributed by atoms with Crippen LogP contribution in [0.5, 0.6) is 0 Å². The standard InChI is InChI=1S/C5H11N.C3H5GeO2/c1-2-4-6-5-3-1;4-2-1-3(5)6/h6H,1-5H2;1-2H2,(H,5,6)/q;+1/p-1. The molecule has 1 heterocycles. The summed E-state index contributed by atoms with van der Waals surface area (Å²) in [7, 11) is 0. The number of nitrogens with one attached hydrogen (secondary N) is 1. The number of piperidine rings is 1. The Labute approximate surface area is 82.1 Å². The fourth-order valence-electron chi connectivity index (χ4n) is 0.904. The Morgan fingerprint density at radius 3 is 2.00 bits per heavy atom. The Morgan fingerprint density at radius 1 is 1.33 bits per heavy atom. The summed E-state index contributed by atoms with van der Waals surface area (Å²) in [6.07, 6.45) is 4.40. The van der Waals surface area contributed by atoms with Crippen LogP contribution in [-0.2, 0) is 4.79 Å². The third-order valence-corrected chi connectivity index (χ3v) is 2.06. The number of rotatable bonds is 2. The second-order valence-corrected chi connectivity index (χ2v) is 3.73. The van der Waals surface area contributed by atoms with E-state index in [1.807, 2.05) is 0 Å². The van der Waals surface area contributed by atoms with Gasteiger partial charge in [0.25, 0.3) is 0 Å². The first-order chi connectivity index (χ1) is 5.77. The molecule has 0 aliphatic carbocycles. The van der Waals surface area contributed by atoms with Gasteiger partial charge in [-0.05, 0) is 25.9 Å². The van der Waals surface area contributed by atoms with Gasteiger partial charge in [-0.3, -0.25) is 0 Å². The van der Waals surface area contributed by atoms with Crippen LogP contribution in [0.1, 0.15) is 25.7 Å². The summed E-state index contributed by atoms with van der Waals surface area (Å²) in [4.78, 5) is 9.49. The Hall–Kier alpha value is -0.0271. The van der Waals surface area contributed by atoms with Gasteiger partial charge >= 0.3 is 44.1 Å². The third kappa shape index (κ3) is 9.97. The van der Waals surface area contributed by atoms with Crippen LogP contribution >= 0.6 is 0 Å². The number of carbonyl (C=O) groups is 1. The second kappa shape index (κ2) is 9.06. The van der Waals surface area contributed by atoms with Crippen molar-refractivity contribution in [3.63, 3.8) is 0 Å². The van der Waals surface area contributed by atoms with Gasteiger partial charge in [0.15, 0.2) is 0 Å². The molecule has 1 aliphatic heterocycles. The number of aliphatic carboxylic acids is 1. The molecule has 0 aromatic rings. The quantitative estimate of drug-likeness (QED) is 0.648. The first-order valence-electron chi connectivity index (χ1n) is 4.32. The fraction of sp³-hybridized carbons (Fsp3) is 0.875. The van der Waals surface area contributed by atoms with Gasteiger partial charge in [0.2, 0.25) is 0 Å². The van der Waals surface area contributed by atoms with Gasteiger partial charge in [-0.2, -0.15) is 0 Å². The zero-order chi connectivity index (χ0) is 9.23. The molecule has 0 spiro atoms. The average molecular weight is 230 g/mol. The maximum absolute atomic E-state index is 9.49. The minimum atomic E-state index is -0.961. The summed E-state index contributed by atoms with van der Waals surface area (Å²) in [5.41, 5.74) is 0. The van der Waals surface area contributed by atoms with Crippen molar-refractivity contribution in [3.05, 3.63) is 0 Å². The molecule has 1 aliphatic rings. The molecule has 3 nitrogen and oxygen atoms in total. The van der Waals surface area contributed by atoms with E-state index in [0.29, 0.717) is 5.25 Å². The summed E-state index contributed by atoms with van der Waals surface area (Å²) in [6, 6.07) is 0. The van der Waals surface area contributed by atoms with E-state index in [0.717, 1.165) is 0 Å². The molecule has 12 heavy (non-hydrogen) atoms. The van der Waals surface area contributed by atoms with Crippen LogP contribution in [-0.4, -0.2) is 35.6 Å².